The standard InChI is InChI=1S/C20H30N4O/c1-19(2,3)18(25)24-12-8-10-20(4,14-24)16-13-23-11-7-9-15(23)17(21-16)22(5)6/h7,9,11,13H,8,10,12,14H2,1-6H3. The Bertz CT molecular complexity index is 787. The van der Waals surface area contributed by atoms with Crippen molar-refractivity contribution in [2.24, 2.45) is 5.41 Å². The summed E-state index contributed by atoms with van der Waals surface area (Å²) >= 11 is 0. The average molecular weight is 342 g/mol. The minimum Gasteiger partial charge on any atom is -0.361 e. The van der Waals surface area contributed by atoms with Crippen LogP contribution in [-0.2, 0) is 10.2 Å². The normalized spacial score (nSPS) is 21.6. The highest BCUT2D eigenvalue weighted by Crippen LogP contribution is 2.35. The van der Waals surface area contributed by atoms with E-state index in [1.807, 2.05) is 45.8 Å². The molecule has 0 aliphatic carbocycles. The van der Waals surface area contributed by atoms with Gasteiger partial charge < -0.3 is 14.2 Å². The Morgan fingerprint density at radius 1 is 1.32 bits per heavy atom. The number of carbonyl (C=O) groups is 1. The van der Waals surface area contributed by atoms with Crippen molar-refractivity contribution in [1.82, 2.24) is 14.3 Å². The first-order chi connectivity index (χ1) is 11.6. The van der Waals surface area contributed by atoms with Crippen LogP contribution < -0.4 is 4.90 Å². The summed E-state index contributed by atoms with van der Waals surface area (Å²) in [5.74, 6) is 1.20. The molecule has 0 bridgehead atoms. The molecule has 2 aromatic rings. The molecule has 1 unspecified atom stereocenters. The molecule has 1 aliphatic rings. The number of rotatable bonds is 2. The lowest BCUT2D eigenvalue weighted by atomic mass is 9.78. The zero-order chi connectivity index (χ0) is 18.4. The van der Waals surface area contributed by atoms with Gasteiger partial charge in [0.2, 0.25) is 5.91 Å². The molecule has 1 saturated heterocycles. The Balaban J connectivity index is 1.99. The van der Waals surface area contributed by atoms with Gasteiger partial charge in [-0.15, -0.1) is 0 Å². The zero-order valence-corrected chi connectivity index (χ0v) is 16.3. The number of piperidine rings is 1. The van der Waals surface area contributed by atoms with Gasteiger partial charge in [-0.25, -0.2) is 4.98 Å². The van der Waals surface area contributed by atoms with Crippen molar-refractivity contribution in [2.75, 3.05) is 32.1 Å². The van der Waals surface area contributed by atoms with E-state index in [4.69, 9.17) is 4.98 Å². The highest BCUT2D eigenvalue weighted by Gasteiger charge is 2.39. The molecule has 1 aliphatic heterocycles. The molecule has 136 valence electrons. The number of carbonyl (C=O) groups excluding carboxylic acids is 1. The van der Waals surface area contributed by atoms with E-state index in [1.54, 1.807) is 0 Å². The fraction of sp³-hybridized carbons (Fsp3) is 0.600. The molecule has 0 radical (unpaired) electrons. The Hall–Kier alpha value is -2.04. The van der Waals surface area contributed by atoms with Gasteiger partial charge in [-0.05, 0) is 25.0 Å². The average Bonchev–Trinajstić information content (AvgIpc) is 3.00. The van der Waals surface area contributed by atoms with E-state index in [9.17, 15) is 4.79 Å². The van der Waals surface area contributed by atoms with E-state index in [0.717, 1.165) is 43.0 Å². The van der Waals surface area contributed by atoms with Gasteiger partial charge in [-0.1, -0.05) is 27.7 Å². The van der Waals surface area contributed by atoms with Crippen molar-refractivity contribution < 1.29 is 4.79 Å². The van der Waals surface area contributed by atoms with E-state index in [0.29, 0.717) is 0 Å². The molecule has 0 N–H and O–H groups in total. The topological polar surface area (TPSA) is 40.9 Å². The summed E-state index contributed by atoms with van der Waals surface area (Å²) in [5.41, 5.74) is 1.70. The Kier molecular flexibility index (Phi) is 4.30. The molecule has 2 aromatic heterocycles. The quantitative estimate of drug-likeness (QED) is 0.840. The number of fused-ring (bicyclic) bond motifs is 1. The molecule has 1 amide bonds. The Morgan fingerprint density at radius 2 is 2.04 bits per heavy atom. The molecule has 0 aromatic carbocycles. The van der Waals surface area contributed by atoms with Crippen LogP contribution in [0, 0.1) is 5.41 Å². The van der Waals surface area contributed by atoms with Crippen molar-refractivity contribution in [3.8, 4) is 0 Å². The molecule has 1 fully saturated rings. The first kappa shape index (κ1) is 17.8. The highest BCUT2D eigenvalue weighted by atomic mass is 16.2. The van der Waals surface area contributed by atoms with Crippen molar-refractivity contribution in [3.63, 3.8) is 0 Å². The van der Waals surface area contributed by atoms with Crippen LogP contribution in [0.15, 0.2) is 24.5 Å². The van der Waals surface area contributed by atoms with Crippen LogP contribution in [0.3, 0.4) is 0 Å². The fourth-order valence-electron chi connectivity index (χ4n) is 3.74. The number of anilines is 1. The van der Waals surface area contributed by atoms with E-state index in [1.165, 1.54) is 0 Å². The number of hydrogen-bond donors (Lipinski definition) is 0. The van der Waals surface area contributed by atoms with Gasteiger partial charge in [0.05, 0.1) is 11.2 Å². The third kappa shape index (κ3) is 3.24. The van der Waals surface area contributed by atoms with E-state index < -0.39 is 0 Å². The molecule has 3 heterocycles. The van der Waals surface area contributed by atoms with Gasteiger partial charge in [-0.2, -0.15) is 0 Å². The predicted molar refractivity (Wildman–Crippen MR) is 102 cm³/mol. The van der Waals surface area contributed by atoms with Crippen LogP contribution in [-0.4, -0.2) is 47.4 Å². The molecule has 5 nitrogen and oxygen atoms in total. The summed E-state index contributed by atoms with van der Waals surface area (Å²) < 4.78 is 2.15. The maximum absolute atomic E-state index is 12.8. The van der Waals surface area contributed by atoms with Crippen LogP contribution in [0.2, 0.25) is 0 Å². The fourth-order valence-corrected chi connectivity index (χ4v) is 3.74. The number of amides is 1. The van der Waals surface area contributed by atoms with Gasteiger partial charge in [0.15, 0.2) is 5.82 Å². The van der Waals surface area contributed by atoms with Crippen molar-refractivity contribution >= 4 is 17.2 Å². The Labute approximate surface area is 150 Å². The second-order valence-corrected chi connectivity index (χ2v) is 8.79. The summed E-state index contributed by atoms with van der Waals surface area (Å²) in [5, 5.41) is 0. The molecule has 0 saturated carbocycles. The van der Waals surface area contributed by atoms with E-state index >= 15 is 0 Å². The smallest absolute Gasteiger partial charge is 0.227 e. The molecular weight excluding hydrogens is 312 g/mol. The second kappa shape index (κ2) is 6.04. The first-order valence-electron chi connectivity index (χ1n) is 9.07. The van der Waals surface area contributed by atoms with Crippen LogP contribution in [0.4, 0.5) is 5.82 Å². The van der Waals surface area contributed by atoms with Crippen LogP contribution in [0.5, 0.6) is 0 Å². The Morgan fingerprint density at radius 3 is 2.68 bits per heavy atom. The van der Waals surface area contributed by atoms with Crippen molar-refractivity contribution in [1.29, 1.82) is 0 Å². The number of aromatic nitrogens is 2. The summed E-state index contributed by atoms with van der Waals surface area (Å²) in [6.45, 7) is 9.81. The third-order valence-corrected chi connectivity index (χ3v) is 5.16. The molecule has 5 heteroatoms. The van der Waals surface area contributed by atoms with Crippen LogP contribution in [0.25, 0.3) is 5.52 Å². The number of likely N-dealkylation sites (tertiary alicyclic amines) is 1. The van der Waals surface area contributed by atoms with E-state index in [2.05, 4.69) is 34.7 Å². The van der Waals surface area contributed by atoms with Gasteiger partial charge >= 0.3 is 0 Å². The molecular formula is C20H30N4O. The van der Waals surface area contributed by atoms with E-state index in [-0.39, 0.29) is 16.7 Å². The molecule has 25 heavy (non-hydrogen) atoms. The number of nitrogens with zero attached hydrogens (tertiary/aromatic N) is 4. The lowest BCUT2D eigenvalue weighted by Gasteiger charge is -2.42. The van der Waals surface area contributed by atoms with Gasteiger partial charge in [0, 0.05) is 50.4 Å². The van der Waals surface area contributed by atoms with Crippen LogP contribution >= 0.6 is 0 Å². The number of hydrogen-bond acceptors (Lipinski definition) is 3. The first-order valence-corrected chi connectivity index (χ1v) is 9.07. The lowest BCUT2D eigenvalue weighted by molar-refractivity contribution is -0.141. The van der Waals surface area contributed by atoms with Gasteiger partial charge in [-0.3, -0.25) is 4.79 Å². The molecule has 1 atom stereocenters. The van der Waals surface area contributed by atoms with Gasteiger partial charge in [0.1, 0.15) is 0 Å². The molecule has 0 spiro atoms. The van der Waals surface area contributed by atoms with Crippen molar-refractivity contribution in [3.05, 3.63) is 30.2 Å². The highest BCUT2D eigenvalue weighted by molar-refractivity contribution is 5.81. The minimum absolute atomic E-state index is 0.123. The van der Waals surface area contributed by atoms with Crippen LogP contribution in [0.1, 0.15) is 46.2 Å². The predicted octanol–water partition coefficient (Wildman–Crippen LogP) is 3.33. The maximum Gasteiger partial charge on any atom is 0.227 e. The minimum atomic E-state index is -0.342. The summed E-state index contributed by atoms with van der Waals surface area (Å²) in [6, 6.07) is 4.14. The van der Waals surface area contributed by atoms with Gasteiger partial charge in [0.25, 0.3) is 0 Å². The summed E-state index contributed by atoms with van der Waals surface area (Å²) in [4.78, 5) is 21.9. The largest absolute Gasteiger partial charge is 0.361 e. The second-order valence-electron chi connectivity index (χ2n) is 8.79. The van der Waals surface area contributed by atoms with Crippen molar-refractivity contribution in [2.45, 2.75) is 46.0 Å². The SMILES string of the molecule is CN(C)c1nc(C2(C)CCCN(C(=O)C(C)(C)C)C2)cn2cccc12. The lowest BCUT2D eigenvalue weighted by Crippen LogP contribution is -2.50. The zero-order valence-electron chi connectivity index (χ0n) is 16.3. The maximum atomic E-state index is 12.8. The molecule has 3 rings (SSSR count). The summed E-state index contributed by atoms with van der Waals surface area (Å²) in [7, 11) is 4.05. The third-order valence-electron chi connectivity index (χ3n) is 5.16. The monoisotopic (exact) mass is 342 g/mol. The summed E-state index contributed by atoms with van der Waals surface area (Å²) in [6.07, 6.45) is 6.26.